The molecule has 0 bridgehead atoms. The highest BCUT2D eigenvalue weighted by Gasteiger charge is 2.31. The minimum absolute atomic E-state index is 0.0708. The maximum atomic E-state index is 13.4. The third-order valence-electron chi connectivity index (χ3n) is 4.37. The van der Waals surface area contributed by atoms with Crippen LogP contribution in [0.4, 0.5) is 34.2 Å². The SMILES string of the molecule is C[C@H](C(N)=O)N(c1ccc(F)cc1)c1nc(N)c(C(=O)c2cc(C(=O)NCC(F)(F)F)no2)s1. The molecule has 15 heteroatoms. The average molecular weight is 500 g/mol. The minimum Gasteiger partial charge on any atom is -0.382 e. The van der Waals surface area contributed by atoms with Gasteiger partial charge in [-0.3, -0.25) is 14.4 Å². The third kappa shape index (κ3) is 5.48. The Labute approximate surface area is 192 Å². The molecule has 10 nitrogen and oxygen atoms in total. The summed E-state index contributed by atoms with van der Waals surface area (Å²) in [6, 6.07) is 4.94. The Hall–Kier alpha value is -4.01. The fourth-order valence-corrected chi connectivity index (χ4v) is 3.72. The number of anilines is 3. The van der Waals surface area contributed by atoms with Crippen LogP contribution in [-0.2, 0) is 4.79 Å². The zero-order valence-electron chi connectivity index (χ0n) is 17.2. The van der Waals surface area contributed by atoms with E-state index in [0.29, 0.717) is 5.69 Å². The molecular formula is C19H16F4N6O4S. The van der Waals surface area contributed by atoms with Gasteiger partial charge in [-0.15, -0.1) is 0 Å². The van der Waals surface area contributed by atoms with Crippen molar-refractivity contribution in [1.82, 2.24) is 15.5 Å². The number of primary amides is 1. The quantitative estimate of drug-likeness (QED) is 0.314. The van der Waals surface area contributed by atoms with Crippen molar-refractivity contribution in [2.75, 3.05) is 17.2 Å². The molecule has 3 rings (SSSR count). The van der Waals surface area contributed by atoms with Crippen LogP contribution in [0.15, 0.2) is 34.9 Å². The molecule has 3 aromatic rings. The van der Waals surface area contributed by atoms with Gasteiger partial charge < -0.3 is 26.2 Å². The predicted octanol–water partition coefficient (Wildman–Crippen LogP) is 2.39. The van der Waals surface area contributed by atoms with Crippen LogP contribution in [0.3, 0.4) is 0 Å². The molecule has 0 fully saturated rings. The molecule has 0 saturated heterocycles. The lowest BCUT2D eigenvalue weighted by atomic mass is 10.2. The molecule has 34 heavy (non-hydrogen) atoms. The van der Waals surface area contributed by atoms with Gasteiger partial charge in [-0.1, -0.05) is 16.5 Å². The molecule has 1 atom stereocenters. The number of nitrogen functional groups attached to an aromatic ring is 1. The summed E-state index contributed by atoms with van der Waals surface area (Å²) in [7, 11) is 0. The summed E-state index contributed by atoms with van der Waals surface area (Å²) >= 11 is 0.748. The molecule has 0 aliphatic heterocycles. The van der Waals surface area contributed by atoms with Crippen molar-refractivity contribution >= 4 is 45.6 Å². The average Bonchev–Trinajstić information content (AvgIpc) is 3.40. The van der Waals surface area contributed by atoms with Gasteiger partial charge in [-0.2, -0.15) is 13.2 Å². The summed E-state index contributed by atoms with van der Waals surface area (Å²) in [6.45, 7) is -0.128. The molecule has 0 saturated carbocycles. The summed E-state index contributed by atoms with van der Waals surface area (Å²) in [6.07, 6.45) is -4.63. The molecule has 0 aliphatic carbocycles. The number of alkyl halides is 3. The Kier molecular flexibility index (Phi) is 6.85. The van der Waals surface area contributed by atoms with Crippen LogP contribution in [-0.4, -0.2) is 46.5 Å². The first kappa shape index (κ1) is 24.6. The van der Waals surface area contributed by atoms with Crippen molar-refractivity contribution < 1.29 is 36.5 Å². The van der Waals surface area contributed by atoms with E-state index in [1.807, 2.05) is 0 Å². The Morgan fingerprint density at radius 3 is 2.47 bits per heavy atom. The summed E-state index contributed by atoms with van der Waals surface area (Å²) in [4.78, 5) is 41.7. The predicted molar refractivity (Wildman–Crippen MR) is 112 cm³/mol. The van der Waals surface area contributed by atoms with Crippen LogP contribution in [0.5, 0.6) is 0 Å². The standard InChI is InChI=1S/C19H16F4N6O4S/c1-8(16(25)31)29(10-4-2-9(20)3-5-10)18-27-15(24)14(34-18)13(30)12-6-11(28-33-12)17(32)26-7-19(21,22)23/h2-6,8H,7,24H2,1H3,(H2,25,31)(H,26,32)/t8-/m1/s1. The molecule has 0 aliphatic rings. The Balaban J connectivity index is 1.89. The highest BCUT2D eigenvalue weighted by Crippen LogP contribution is 2.36. The zero-order valence-corrected chi connectivity index (χ0v) is 18.0. The number of carbonyl (C=O) groups excluding carboxylic acids is 3. The molecule has 0 unspecified atom stereocenters. The van der Waals surface area contributed by atoms with Crippen molar-refractivity contribution in [2.45, 2.75) is 19.1 Å². The summed E-state index contributed by atoms with van der Waals surface area (Å²) in [5.74, 6) is -4.05. The van der Waals surface area contributed by atoms with Crippen LogP contribution < -0.4 is 21.7 Å². The molecule has 180 valence electrons. The second-order valence-electron chi connectivity index (χ2n) is 6.84. The van der Waals surface area contributed by atoms with Crippen molar-refractivity contribution in [3.63, 3.8) is 0 Å². The topological polar surface area (TPSA) is 157 Å². The van der Waals surface area contributed by atoms with Crippen LogP contribution in [0.2, 0.25) is 0 Å². The molecule has 2 amide bonds. The van der Waals surface area contributed by atoms with Crippen LogP contribution >= 0.6 is 11.3 Å². The fraction of sp³-hybridized carbons (Fsp3) is 0.211. The number of amides is 2. The van der Waals surface area contributed by atoms with Crippen molar-refractivity contribution in [2.24, 2.45) is 5.73 Å². The molecule has 2 heterocycles. The van der Waals surface area contributed by atoms with E-state index in [9.17, 15) is 31.9 Å². The number of hydrogen-bond acceptors (Lipinski definition) is 9. The maximum Gasteiger partial charge on any atom is 0.405 e. The molecular weight excluding hydrogens is 484 g/mol. The second-order valence-corrected chi connectivity index (χ2v) is 7.82. The minimum atomic E-state index is -4.63. The first-order chi connectivity index (χ1) is 15.9. The number of carbonyl (C=O) groups is 3. The van der Waals surface area contributed by atoms with Crippen molar-refractivity contribution in [1.29, 1.82) is 0 Å². The molecule has 5 N–H and O–H groups in total. The lowest BCUT2D eigenvalue weighted by Crippen LogP contribution is -2.39. The van der Waals surface area contributed by atoms with E-state index >= 15 is 0 Å². The number of aromatic nitrogens is 2. The largest absolute Gasteiger partial charge is 0.405 e. The number of halogens is 4. The van der Waals surface area contributed by atoms with Crippen molar-refractivity contribution in [3.8, 4) is 0 Å². The lowest BCUT2D eigenvalue weighted by molar-refractivity contribution is -0.123. The highest BCUT2D eigenvalue weighted by molar-refractivity contribution is 7.18. The van der Waals surface area contributed by atoms with E-state index < -0.39 is 53.6 Å². The number of ketones is 1. The zero-order chi connectivity index (χ0) is 25.2. The smallest absolute Gasteiger partial charge is 0.382 e. The Bertz CT molecular complexity index is 1220. The van der Waals surface area contributed by atoms with Gasteiger partial charge in [0.25, 0.3) is 5.91 Å². The van der Waals surface area contributed by atoms with E-state index in [0.717, 1.165) is 29.5 Å². The summed E-state index contributed by atoms with van der Waals surface area (Å²) in [5.41, 5.74) is 11.1. The van der Waals surface area contributed by atoms with Crippen LogP contribution in [0.25, 0.3) is 0 Å². The van der Waals surface area contributed by atoms with Gasteiger partial charge in [-0.25, -0.2) is 9.37 Å². The number of nitrogens with one attached hydrogen (secondary N) is 1. The number of nitrogens with two attached hydrogens (primary N) is 2. The second kappa shape index (κ2) is 9.46. The molecule has 0 radical (unpaired) electrons. The first-order valence-electron chi connectivity index (χ1n) is 9.34. The number of benzene rings is 1. The van der Waals surface area contributed by atoms with E-state index in [1.165, 1.54) is 24.0 Å². The number of hydrogen-bond donors (Lipinski definition) is 3. The molecule has 2 aromatic heterocycles. The summed E-state index contributed by atoms with van der Waals surface area (Å²) in [5, 5.41) is 4.97. The van der Waals surface area contributed by atoms with Gasteiger partial charge in [0.2, 0.25) is 17.5 Å². The van der Waals surface area contributed by atoms with Gasteiger partial charge in [-0.05, 0) is 31.2 Å². The van der Waals surface area contributed by atoms with E-state index in [4.69, 9.17) is 16.0 Å². The van der Waals surface area contributed by atoms with Gasteiger partial charge in [0.15, 0.2) is 10.8 Å². The number of rotatable bonds is 8. The van der Waals surface area contributed by atoms with E-state index in [-0.39, 0.29) is 15.8 Å². The van der Waals surface area contributed by atoms with E-state index in [2.05, 4.69) is 10.1 Å². The van der Waals surface area contributed by atoms with Crippen LogP contribution in [0, 0.1) is 5.82 Å². The van der Waals surface area contributed by atoms with Crippen LogP contribution in [0.1, 0.15) is 32.8 Å². The third-order valence-corrected chi connectivity index (χ3v) is 5.44. The molecule has 1 aromatic carbocycles. The monoisotopic (exact) mass is 500 g/mol. The Morgan fingerprint density at radius 2 is 1.88 bits per heavy atom. The van der Waals surface area contributed by atoms with Gasteiger partial charge in [0, 0.05) is 11.8 Å². The van der Waals surface area contributed by atoms with Gasteiger partial charge >= 0.3 is 6.18 Å². The Morgan fingerprint density at radius 1 is 1.24 bits per heavy atom. The number of nitrogens with zero attached hydrogens (tertiary/aromatic N) is 3. The number of thiazole rings is 1. The summed E-state index contributed by atoms with van der Waals surface area (Å²) < 4.78 is 54.9. The fourth-order valence-electron chi connectivity index (χ4n) is 2.69. The highest BCUT2D eigenvalue weighted by atomic mass is 32.1. The first-order valence-corrected chi connectivity index (χ1v) is 10.2. The lowest BCUT2D eigenvalue weighted by Gasteiger charge is -2.26. The molecule has 0 spiro atoms. The normalized spacial score (nSPS) is 12.3. The van der Waals surface area contributed by atoms with E-state index in [1.54, 1.807) is 5.32 Å². The van der Waals surface area contributed by atoms with Gasteiger partial charge in [0.1, 0.15) is 29.1 Å². The van der Waals surface area contributed by atoms with Gasteiger partial charge in [0.05, 0.1) is 0 Å². The maximum absolute atomic E-state index is 13.4. The van der Waals surface area contributed by atoms with Crippen molar-refractivity contribution in [3.05, 3.63) is 52.5 Å².